The number of nitrogens with one attached hydrogen (secondary N) is 2. The van der Waals surface area contributed by atoms with Crippen LogP contribution < -0.4 is 11.0 Å². The van der Waals surface area contributed by atoms with Crippen molar-refractivity contribution in [1.82, 2.24) is 11.0 Å². The van der Waals surface area contributed by atoms with Crippen molar-refractivity contribution in [3.05, 3.63) is 0 Å². The molecule has 1 saturated heterocycles. The molecule has 2 N–H and O–H groups in total. The predicted octanol–water partition coefficient (Wildman–Crippen LogP) is -0.974. The molecule has 1 heterocycles. The molecule has 0 unspecified atom stereocenters. The second-order valence-corrected chi connectivity index (χ2v) is 0.891. The van der Waals surface area contributed by atoms with Gasteiger partial charge in [0, 0.05) is 13.1 Å². The normalized spacial score (nSPS) is 24.0. The first-order valence-electron chi connectivity index (χ1n) is 1.62. The standard InChI is InChI=1S/C2H6N2O/c1-2-4-5-3-1/h3-4H,1-2H2. The van der Waals surface area contributed by atoms with E-state index in [0.29, 0.717) is 0 Å². The second-order valence-electron chi connectivity index (χ2n) is 0.891. The lowest BCUT2D eigenvalue weighted by Crippen LogP contribution is -2.06. The summed E-state index contributed by atoms with van der Waals surface area (Å²) < 4.78 is 0. The Kier molecular flexibility index (Phi) is 0.834. The minimum absolute atomic E-state index is 0.917. The minimum atomic E-state index is 0.917. The summed E-state index contributed by atoms with van der Waals surface area (Å²) in [6.45, 7) is 1.83. The van der Waals surface area contributed by atoms with Crippen molar-refractivity contribution >= 4 is 0 Å². The molecule has 1 aliphatic heterocycles. The van der Waals surface area contributed by atoms with Gasteiger partial charge < -0.3 is 0 Å². The topological polar surface area (TPSA) is 33.3 Å². The van der Waals surface area contributed by atoms with E-state index in [1.807, 2.05) is 0 Å². The quantitative estimate of drug-likeness (QED) is 0.387. The molecule has 0 amide bonds. The van der Waals surface area contributed by atoms with E-state index in [9.17, 15) is 0 Å². The molecular weight excluding hydrogens is 68.0 g/mol. The molecular formula is C2H6N2O. The molecule has 1 aliphatic rings. The zero-order valence-corrected chi connectivity index (χ0v) is 2.82. The Morgan fingerprint density at radius 3 is 2.00 bits per heavy atom. The maximum Gasteiger partial charge on any atom is 0.0378 e. The molecule has 0 aromatic heterocycles. The van der Waals surface area contributed by atoms with Crippen LogP contribution >= 0.6 is 0 Å². The summed E-state index contributed by atoms with van der Waals surface area (Å²) in [4.78, 5) is 4.44. The van der Waals surface area contributed by atoms with E-state index in [4.69, 9.17) is 0 Å². The number of hydrogen-bond acceptors (Lipinski definition) is 3. The van der Waals surface area contributed by atoms with Crippen LogP contribution in [0.15, 0.2) is 0 Å². The van der Waals surface area contributed by atoms with Crippen LogP contribution in [0.2, 0.25) is 0 Å². The molecule has 0 radical (unpaired) electrons. The molecule has 30 valence electrons. The second kappa shape index (κ2) is 1.35. The largest absolute Gasteiger partial charge is 0.214 e. The van der Waals surface area contributed by atoms with Crippen molar-refractivity contribution in [2.45, 2.75) is 0 Å². The van der Waals surface area contributed by atoms with Crippen LogP contribution in [0.3, 0.4) is 0 Å². The van der Waals surface area contributed by atoms with Crippen LogP contribution in [-0.2, 0) is 4.94 Å². The van der Waals surface area contributed by atoms with Gasteiger partial charge in [0.25, 0.3) is 0 Å². The lowest BCUT2D eigenvalue weighted by atomic mass is 10.7. The van der Waals surface area contributed by atoms with Crippen LogP contribution in [0.4, 0.5) is 0 Å². The minimum Gasteiger partial charge on any atom is -0.214 e. The molecule has 0 atom stereocenters. The van der Waals surface area contributed by atoms with Crippen molar-refractivity contribution in [2.75, 3.05) is 13.1 Å². The first kappa shape index (κ1) is 3.08. The molecule has 0 aromatic rings. The van der Waals surface area contributed by atoms with Gasteiger partial charge in [0.1, 0.15) is 0 Å². The Morgan fingerprint density at radius 2 is 1.80 bits per heavy atom. The van der Waals surface area contributed by atoms with E-state index in [-0.39, 0.29) is 0 Å². The molecule has 3 nitrogen and oxygen atoms in total. The van der Waals surface area contributed by atoms with Gasteiger partial charge in [-0.3, -0.25) is 0 Å². The summed E-state index contributed by atoms with van der Waals surface area (Å²) in [6, 6.07) is 0. The fraction of sp³-hybridized carbons (Fsp3) is 1.00. The maximum atomic E-state index is 4.44. The summed E-state index contributed by atoms with van der Waals surface area (Å²) in [7, 11) is 0. The van der Waals surface area contributed by atoms with Crippen molar-refractivity contribution < 1.29 is 4.94 Å². The highest BCUT2D eigenvalue weighted by molar-refractivity contribution is 4.38. The molecule has 0 aliphatic carbocycles. The van der Waals surface area contributed by atoms with E-state index in [1.54, 1.807) is 0 Å². The molecule has 0 spiro atoms. The lowest BCUT2D eigenvalue weighted by molar-refractivity contribution is 0.0230. The molecule has 0 aromatic carbocycles. The van der Waals surface area contributed by atoms with Gasteiger partial charge in [0.05, 0.1) is 0 Å². The van der Waals surface area contributed by atoms with E-state index in [0.717, 1.165) is 13.1 Å². The Labute approximate surface area is 30.2 Å². The van der Waals surface area contributed by atoms with Crippen LogP contribution in [-0.4, -0.2) is 13.1 Å². The van der Waals surface area contributed by atoms with E-state index < -0.39 is 0 Å². The highest BCUT2D eigenvalue weighted by Crippen LogP contribution is 1.64. The first-order chi connectivity index (χ1) is 2.50. The average molecular weight is 74.1 g/mol. The molecule has 0 bridgehead atoms. The SMILES string of the molecule is C1CNON1. The lowest BCUT2D eigenvalue weighted by Gasteiger charge is -1.80. The molecule has 5 heavy (non-hydrogen) atoms. The summed E-state index contributed by atoms with van der Waals surface area (Å²) in [5.74, 6) is 0. The Balaban J connectivity index is 2.08. The van der Waals surface area contributed by atoms with E-state index >= 15 is 0 Å². The molecule has 0 saturated carbocycles. The van der Waals surface area contributed by atoms with Crippen LogP contribution in [0.5, 0.6) is 0 Å². The third kappa shape index (κ3) is 0.576. The van der Waals surface area contributed by atoms with Crippen LogP contribution in [0, 0.1) is 0 Å². The smallest absolute Gasteiger partial charge is 0.0378 e. The Hall–Kier alpha value is -0.120. The fourth-order valence-electron chi connectivity index (χ4n) is 0.255. The third-order valence-electron chi connectivity index (χ3n) is 0.473. The van der Waals surface area contributed by atoms with Crippen molar-refractivity contribution in [1.29, 1.82) is 0 Å². The zero-order chi connectivity index (χ0) is 3.54. The first-order valence-corrected chi connectivity index (χ1v) is 1.62. The van der Waals surface area contributed by atoms with Gasteiger partial charge in [-0.2, -0.15) is 11.0 Å². The molecule has 1 fully saturated rings. The Morgan fingerprint density at radius 1 is 1.20 bits per heavy atom. The van der Waals surface area contributed by atoms with Gasteiger partial charge in [0.15, 0.2) is 0 Å². The van der Waals surface area contributed by atoms with E-state index in [1.165, 1.54) is 0 Å². The zero-order valence-electron chi connectivity index (χ0n) is 2.82. The highest BCUT2D eigenvalue weighted by atomic mass is 16.8. The van der Waals surface area contributed by atoms with Gasteiger partial charge in [-0.25, -0.2) is 4.94 Å². The predicted molar refractivity (Wildman–Crippen MR) is 17.1 cm³/mol. The monoisotopic (exact) mass is 74.0 g/mol. The maximum absolute atomic E-state index is 4.44. The third-order valence-corrected chi connectivity index (χ3v) is 0.473. The summed E-state index contributed by atoms with van der Waals surface area (Å²) in [5.41, 5.74) is 5.22. The van der Waals surface area contributed by atoms with Crippen molar-refractivity contribution in [3.63, 3.8) is 0 Å². The van der Waals surface area contributed by atoms with Gasteiger partial charge in [0.2, 0.25) is 0 Å². The fourth-order valence-corrected chi connectivity index (χ4v) is 0.255. The number of hydroxylamine groups is 2. The van der Waals surface area contributed by atoms with Crippen molar-refractivity contribution in [2.24, 2.45) is 0 Å². The highest BCUT2D eigenvalue weighted by Gasteiger charge is 1.91. The summed E-state index contributed by atoms with van der Waals surface area (Å²) in [5, 5.41) is 0. The number of hydrogen-bond donors (Lipinski definition) is 2. The van der Waals surface area contributed by atoms with Crippen LogP contribution in [0.1, 0.15) is 0 Å². The van der Waals surface area contributed by atoms with Crippen LogP contribution in [0.25, 0.3) is 0 Å². The van der Waals surface area contributed by atoms with Gasteiger partial charge in [-0.05, 0) is 0 Å². The molecule has 1 rings (SSSR count). The summed E-state index contributed by atoms with van der Waals surface area (Å²) in [6.07, 6.45) is 0. The number of rotatable bonds is 0. The Bertz CT molecular complexity index is 19.2. The summed E-state index contributed by atoms with van der Waals surface area (Å²) >= 11 is 0. The van der Waals surface area contributed by atoms with Crippen molar-refractivity contribution in [3.8, 4) is 0 Å². The van der Waals surface area contributed by atoms with Gasteiger partial charge in [-0.1, -0.05) is 0 Å². The van der Waals surface area contributed by atoms with Gasteiger partial charge >= 0.3 is 0 Å². The molecule has 3 heteroatoms. The average Bonchev–Trinajstić information content (AvgIpc) is 1.76. The van der Waals surface area contributed by atoms with Gasteiger partial charge in [-0.15, -0.1) is 0 Å². The van der Waals surface area contributed by atoms with E-state index in [2.05, 4.69) is 15.9 Å².